The van der Waals surface area contributed by atoms with E-state index in [0.717, 1.165) is 10.9 Å². The number of aromatic nitrogens is 1. The lowest BCUT2D eigenvalue weighted by atomic mass is 10.4. The third kappa shape index (κ3) is 3.71. The lowest BCUT2D eigenvalue weighted by Gasteiger charge is -2.10. The Labute approximate surface area is 97.4 Å². The summed E-state index contributed by atoms with van der Waals surface area (Å²) in [6, 6.07) is 0.344. The van der Waals surface area contributed by atoms with Gasteiger partial charge in [0.15, 0.2) is 5.13 Å². The van der Waals surface area contributed by atoms with E-state index in [0.29, 0.717) is 10.9 Å². The molecule has 0 aliphatic rings. The number of methoxy groups -OCH3 is 1. The van der Waals surface area contributed by atoms with E-state index < -0.39 is 0 Å². The maximum atomic E-state index is 11.2. The monoisotopic (exact) mass is 246 g/mol. The second-order valence-electron chi connectivity index (χ2n) is 3.02. The highest BCUT2D eigenvalue weighted by molar-refractivity contribution is 7.98. The van der Waals surface area contributed by atoms with E-state index in [1.54, 1.807) is 11.8 Å². The summed E-state index contributed by atoms with van der Waals surface area (Å²) in [4.78, 5) is 15.8. The van der Waals surface area contributed by atoms with Gasteiger partial charge in [-0.25, -0.2) is 9.78 Å². The molecule has 0 saturated carbocycles. The standard InChI is InChI=1S/C9H14N2O2S2/c1-6(5-14-3)11-9-10-4-7(15-9)8(12)13-2/h4,6H,5H2,1-3H3,(H,10,11). The van der Waals surface area contributed by atoms with Crippen LogP contribution in [0.4, 0.5) is 5.13 Å². The number of anilines is 1. The van der Waals surface area contributed by atoms with Crippen molar-refractivity contribution >= 4 is 34.2 Å². The highest BCUT2D eigenvalue weighted by Crippen LogP contribution is 2.19. The zero-order chi connectivity index (χ0) is 11.3. The van der Waals surface area contributed by atoms with Crippen molar-refractivity contribution < 1.29 is 9.53 Å². The zero-order valence-electron chi connectivity index (χ0n) is 8.94. The van der Waals surface area contributed by atoms with Gasteiger partial charge in [0.1, 0.15) is 4.88 Å². The van der Waals surface area contributed by atoms with E-state index in [1.807, 2.05) is 0 Å². The summed E-state index contributed by atoms with van der Waals surface area (Å²) in [6.45, 7) is 2.08. The topological polar surface area (TPSA) is 51.2 Å². The number of hydrogen-bond donors (Lipinski definition) is 1. The third-order valence-electron chi connectivity index (χ3n) is 1.68. The van der Waals surface area contributed by atoms with Crippen molar-refractivity contribution in [1.29, 1.82) is 0 Å². The number of thiazole rings is 1. The molecule has 0 radical (unpaired) electrons. The Morgan fingerprint density at radius 3 is 3.13 bits per heavy atom. The quantitative estimate of drug-likeness (QED) is 0.806. The van der Waals surface area contributed by atoms with Gasteiger partial charge in [0.2, 0.25) is 0 Å². The lowest BCUT2D eigenvalue weighted by Crippen LogP contribution is -2.17. The fraction of sp³-hybridized carbons (Fsp3) is 0.556. The first-order valence-electron chi connectivity index (χ1n) is 4.47. The highest BCUT2D eigenvalue weighted by Gasteiger charge is 2.11. The number of nitrogens with one attached hydrogen (secondary N) is 1. The molecule has 0 spiro atoms. The van der Waals surface area contributed by atoms with E-state index in [-0.39, 0.29) is 5.97 Å². The van der Waals surface area contributed by atoms with Crippen LogP contribution in [0.15, 0.2) is 6.20 Å². The molecule has 1 atom stereocenters. The minimum atomic E-state index is -0.335. The normalized spacial score (nSPS) is 12.2. The number of ether oxygens (including phenoxy) is 1. The van der Waals surface area contributed by atoms with Crippen LogP contribution >= 0.6 is 23.1 Å². The summed E-state index contributed by atoms with van der Waals surface area (Å²) >= 11 is 3.08. The summed E-state index contributed by atoms with van der Waals surface area (Å²) in [7, 11) is 1.37. The molecule has 1 aromatic heterocycles. The van der Waals surface area contributed by atoms with Gasteiger partial charge in [-0.2, -0.15) is 11.8 Å². The maximum Gasteiger partial charge on any atom is 0.349 e. The van der Waals surface area contributed by atoms with Crippen molar-refractivity contribution in [3.8, 4) is 0 Å². The maximum absolute atomic E-state index is 11.2. The number of rotatable bonds is 5. The molecular formula is C9H14N2O2S2. The Kier molecular flexibility index (Phi) is 4.90. The number of thioether (sulfide) groups is 1. The van der Waals surface area contributed by atoms with Crippen molar-refractivity contribution in [3.05, 3.63) is 11.1 Å². The molecule has 0 amide bonds. The molecule has 1 rings (SSSR count). The smallest absolute Gasteiger partial charge is 0.349 e. The first-order chi connectivity index (χ1) is 7.17. The molecule has 6 heteroatoms. The first kappa shape index (κ1) is 12.3. The summed E-state index contributed by atoms with van der Waals surface area (Å²) in [5.74, 6) is 0.672. The summed E-state index contributed by atoms with van der Waals surface area (Å²) < 4.78 is 4.60. The SMILES string of the molecule is COC(=O)c1cnc(NC(C)CSC)s1. The number of carbonyl (C=O) groups excluding carboxylic acids is 1. The highest BCUT2D eigenvalue weighted by atomic mass is 32.2. The number of hydrogen-bond acceptors (Lipinski definition) is 6. The molecule has 84 valence electrons. The van der Waals surface area contributed by atoms with Crippen LogP contribution in [0.3, 0.4) is 0 Å². The van der Waals surface area contributed by atoms with Gasteiger partial charge >= 0.3 is 5.97 Å². The first-order valence-corrected chi connectivity index (χ1v) is 6.68. The summed E-state index contributed by atoms with van der Waals surface area (Å²) in [6.07, 6.45) is 3.59. The molecule has 0 aliphatic carbocycles. The number of carbonyl (C=O) groups is 1. The average Bonchev–Trinajstić information content (AvgIpc) is 2.65. The van der Waals surface area contributed by atoms with Gasteiger partial charge in [0.25, 0.3) is 0 Å². The molecule has 1 aromatic rings. The molecule has 4 nitrogen and oxygen atoms in total. The van der Waals surface area contributed by atoms with Crippen LogP contribution in [0.25, 0.3) is 0 Å². The lowest BCUT2D eigenvalue weighted by molar-refractivity contribution is 0.0606. The van der Waals surface area contributed by atoms with Crippen LogP contribution in [0, 0.1) is 0 Å². The molecule has 1 heterocycles. The minimum absolute atomic E-state index is 0.335. The van der Waals surface area contributed by atoms with Crippen molar-refractivity contribution in [2.45, 2.75) is 13.0 Å². The number of nitrogens with zero attached hydrogens (tertiary/aromatic N) is 1. The van der Waals surface area contributed by atoms with E-state index in [1.165, 1.54) is 24.6 Å². The van der Waals surface area contributed by atoms with Crippen molar-refractivity contribution in [2.75, 3.05) is 24.4 Å². The molecule has 0 bridgehead atoms. The second kappa shape index (κ2) is 5.97. The minimum Gasteiger partial charge on any atom is -0.465 e. The Morgan fingerprint density at radius 1 is 1.80 bits per heavy atom. The van der Waals surface area contributed by atoms with Crippen LogP contribution < -0.4 is 5.32 Å². The molecule has 0 fully saturated rings. The molecular weight excluding hydrogens is 232 g/mol. The Balaban J connectivity index is 2.56. The van der Waals surface area contributed by atoms with Crippen molar-refractivity contribution in [3.63, 3.8) is 0 Å². The fourth-order valence-corrected chi connectivity index (χ4v) is 2.47. The largest absolute Gasteiger partial charge is 0.465 e. The molecule has 0 aromatic carbocycles. The van der Waals surface area contributed by atoms with Crippen LogP contribution in [-0.2, 0) is 4.74 Å². The van der Waals surface area contributed by atoms with E-state index in [2.05, 4.69) is 28.2 Å². The second-order valence-corrected chi connectivity index (χ2v) is 4.96. The van der Waals surface area contributed by atoms with E-state index >= 15 is 0 Å². The molecule has 0 aliphatic heterocycles. The van der Waals surface area contributed by atoms with Crippen LogP contribution in [0.5, 0.6) is 0 Å². The zero-order valence-corrected chi connectivity index (χ0v) is 10.6. The molecule has 1 unspecified atom stereocenters. The Morgan fingerprint density at radius 2 is 2.53 bits per heavy atom. The van der Waals surface area contributed by atoms with Gasteiger partial charge in [0, 0.05) is 11.8 Å². The van der Waals surface area contributed by atoms with Gasteiger partial charge in [-0.1, -0.05) is 11.3 Å². The Hall–Kier alpha value is -0.750. The van der Waals surface area contributed by atoms with Crippen molar-refractivity contribution in [1.82, 2.24) is 4.98 Å². The van der Waals surface area contributed by atoms with Gasteiger partial charge < -0.3 is 10.1 Å². The van der Waals surface area contributed by atoms with Gasteiger partial charge in [-0.3, -0.25) is 0 Å². The fourth-order valence-electron chi connectivity index (χ4n) is 1.04. The molecule has 15 heavy (non-hydrogen) atoms. The molecule has 0 saturated heterocycles. The van der Waals surface area contributed by atoms with Crippen LogP contribution in [0.2, 0.25) is 0 Å². The van der Waals surface area contributed by atoms with Gasteiger partial charge in [0.05, 0.1) is 13.3 Å². The van der Waals surface area contributed by atoms with Crippen molar-refractivity contribution in [2.24, 2.45) is 0 Å². The van der Waals surface area contributed by atoms with E-state index in [4.69, 9.17) is 0 Å². The third-order valence-corrected chi connectivity index (χ3v) is 3.42. The predicted octanol–water partition coefficient (Wildman–Crippen LogP) is 2.09. The number of esters is 1. The van der Waals surface area contributed by atoms with Gasteiger partial charge in [-0.15, -0.1) is 0 Å². The summed E-state index contributed by atoms with van der Waals surface area (Å²) in [5.41, 5.74) is 0. The van der Waals surface area contributed by atoms with Crippen LogP contribution in [0.1, 0.15) is 16.6 Å². The Bertz CT molecular complexity index is 328. The van der Waals surface area contributed by atoms with Gasteiger partial charge in [-0.05, 0) is 13.2 Å². The van der Waals surface area contributed by atoms with Crippen LogP contribution in [-0.4, -0.2) is 36.1 Å². The summed E-state index contributed by atoms with van der Waals surface area (Å²) in [5, 5.41) is 3.98. The predicted molar refractivity (Wildman–Crippen MR) is 64.9 cm³/mol. The average molecular weight is 246 g/mol. The molecule has 1 N–H and O–H groups in total. The van der Waals surface area contributed by atoms with E-state index in [9.17, 15) is 4.79 Å².